The smallest absolute Gasteiger partial charge is 0.257 e. The molecule has 0 fully saturated rings. The van der Waals surface area contributed by atoms with Gasteiger partial charge in [-0.3, -0.25) is 10.1 Å². The quantitative estimate of drug-likeness (QED) is 0.654. The molecule has 1 N–H and O–H groups in total. The summed E-state index contributed by atoms with van der Waals surface area (Å²) in [5.74, 6) is -0.106. The van der Waals surface area contributed by atoms with Gasteiger partial charge in [0.1, 0.15) is 5.01 Å². The molecule has 25 heavy (non-hydrogen) atoms. The van der Waals surface area contributed by atoms with E-state index in [2.05, 4.69) is 15.3 Å². The third kappa shape index (κ3) is 3.65. The van der Waals surface area contributed by atoms with Crippen molar-refractivity contribution in [2.75, 3.05) is 5.32 Å². The van der Waals surface area contributed by atoms with Gasteiger partial charge in [0.25, 0.3) is 5.91 Å². The molecule has 2 heterocycles. The normalized spacial score (nSPS) is 14.0. The van der Waals surface area contributed by atoms with Crippen molar-refractivity contribution in [3.05, 3.63) is 51.5 Å². The van der Waals surface area contributed by atoms with E-state index < -0.39 is 0 Å². The summed E-state index contributed by atoms with van der Waals surface area (Å²) < 4.78 is 0. The Bertz CT molecular complexity index is 872. The number of aryl methyl sites for hydroxylation is 3. The van der Waals surface area contributed by atoms with E-state index in [1.165, 1.54) is 29.8 Å². The lowest BCUT2D eigenvalue weighted by Crippen LogP contribution is -2.11. The number of hydrogen-bond acceptors (Lipinski definition) is 5. The van der Waals surface area contributed by atoms with E-state index in [4.69, 9.17) is 0 Å². The van der Waals surface area contributed by atoms with E-state index in [0.29, 0.717) is 5.56 Å². The Labute approximate surface area is 155 Å². The van der Waals surface area contributed by atoms with E-state index in [-0.39, 0.29) is 5.91 Å². The van der Waals surface area contributed by atoms with Crippen molar-refractivity contribution in [1.82, 2.24) is 9.97 Å². The Balaban J connectivity index is 1.48. The Morgan fingerprint density at radius 3 is 2.64 bits per heavy atom. The molecule has 0 bridgehead atoms. The summed E-state index contributed by atoms with van der Waals surface area (Å²) in [6, 6.07) is 7.59. The van der Waals surface area contributed by atoms with Crippen LogP contribution in [0.4, 0.5) is 5.13 Å². The predicted octanol–water partition coefficient (Wildman–Crippen LogP) is 5.10. The first-order valence-electron chi connectivity index (χ1n) is 8.51. The Morgan fingerprint density at radius 1 is 1.08 bits per heavy atom. The van der Waals surface area contributed by atoms with Crippen LogP contribution in [-0.4, -0.2) is 15.9 Å². The van der Waals surface area contributed by atoms with Crippen LogP contribution in [0.15, 0.2) is 29.6 Å². The van der Waals surface area contributed by atoms with Gasteiger partial charge in [0.05, 0.1) is 5.69 Å². The molecule has 0 unspecified atom stereocenters. The molecule has 3 aromatic rings. The summed E-state index contributed by atoms with van der Waals surface area (Å²) in [5.41, 5.74) is 3.87. The monoisotopic (exact) mass is 369 g/mol. The van der Waals surface area contributed by atoms with E-state index in [0.717, 1.165) is 34.2 Å². The number of nitrogens with zero attached hydrogens (tertiary/aromatic N) is 2. The minimum Gasteiger partial charge on any atom is -0.298 e. The van der Waals surface area contributed by atoms with E-state index in [9.17, 15) is 4.79 Å². The van der Waals surface area contributed by atoms with Crippen molar-refractivity contribution >= 4 is 33.7 Å². The Hall–Kier alpha value is -2.05. The third-order valence-electron chi connectivity index (χ3n) is 4.33. The second kappa shape index (κ2) is 7.06. The number of fused-ring (bicyclic) bond motifs is 1. The first-order valence-corrected chi connectivity index (χ1v) is 10.2. The van der Waals surface area contributed by atoms with Gasteiger partial charge in [0, 0.05) is 27.1 Å². The molecule has 0 saturated heterocycles. The SMILES string of the molecule is Cc1csc(-c2ccc(C(=O)Nc3nc4c(s3)CCCCC4)cc2)n1. The van der Waals surface area contributed by atoms with Crippen LogP contribution in [-0.2, 0) is 12.8 Å². The van der Waals surface area contributed by atoms with Gasteiger partial charge in [-0.25, -0.2) is 9.97 Å². The summed E-state index contributed by atoms with van der Waals surface area (Å²) in [7, 11) is 0. The highest BCUT2D eigenvalue weighted by Gasteiger charge is 2.16. The van der Waals surface area contributed by atoms with Crippen LogP contribution in [0.1, 0.15) is 45.9 Å². The lowest BCUT2D eigenvalue weighted by atomic mass is 10.1. The van der Waals surface area contributed by atoms with Crippen LogP contribution < -0.4 is 5.32 Å². The number of nitrogens with one attached hydrogen (secondary N) is 1. The van der Waals surface area contributed by atoms with Gasteiger partial charge in [-0.05, 0) is 44.7 Å². The molecule has 4 rings (SSSR count). The second-order valence-corrected chi connectivity index (χ2v) is 8.22. The number of carbonyl (C=O) groups excluding carboxylic acids is 1. The largest absolute Gasteiger partial charge is 0.298 e. The molecule has 0 spiro atoms. The van der Waals surface area contributed by atoms with Crippen LogP contribution in [0.3, 0.4) is 0 Å². The first kappa shape index (κ1) is 16.4. The summed E-state index contributed by atoms with van der Waals surface area (Å²) in [6.45, 7) is 1.98. The summed E-state index contributed by atoms with van der Waals surface area (Å²) in [6.07, 6.45) is 5.81. The van der Waals surface area contributed by atoms with Crippen LogP contribution in [0.5, 0.6) is 0 Å². The molecule has 128 valence electrons. The summed E-state index contributed by atoms with van der Waals surface area (Å²) in [4.78, 5) is 22.9. The molecular weight excluding hydrogens is 350 g/mol. The zero-order valence-corrected chi connectivity index (χ0v) is 15.7. The maximum absolute atomic E-state index is 12.5. The zero-order valence-electron chi connectivity index (χ0n) is 14.0. The van der Waals surface area contributed by atoms with Crippen molar-refractivity contribution < 1.29 is 4.79 Å². The van der Waals surface area contributed by atoms with Crippen LogP contribution in [0.2, 0.25) is 0 Å². The van der Waals surface area contributed by atoms with Crippen molar-refractivity contribution in [1.29, 1.82) is 0 Å². The van der Waals surface area contributed by atoms with Crippen LogP contribution in [0.25, 0.3) is 10.6 Å². The molecule has 6 heteroatoms. The number of aromatic nitrogens is 2. The highest BCUT2D eigenvalue weighted by atomic mass is 32.1. The van der Waals surface area contributed by atoms with Gasteiger partial charge < -0.3 is 0 Å². The Kier molecular flexibility index (Phi) is 4.63. The molecule has 1 amide bonds. The molecule has 1 aromatic carbocycles. The van der Waals surface area contributed by atoms with Crippen molar-refractivity contribution in [3.63, 3.8) is 0 Å². The standard InChI is InChI=1S/C19H19N3OS2/c1-12-11-24-18(20-12)14-9-7-13(8-10-14)17(23)22-19-21-15-5-3-2-4-6-16(15)25-19/h7-11H,2-6H2,1H3,(H,21,22,23). The molecule has 0 radical (unpaired) electrons. The molecule has 1 aliphatic carbocycles. The number of anilines is 1. The lowest BCUT2D eigenvalue weighted by Gasteiger charge is -2.03. The summed E-state index contributed by atoms with van der Waals surface area (Å²) >= 11 is 3.24. The van der Waals surface area contributed by atoms with Gasteiger partial charge in [0.15, 0.2) is 5.13 Å². The molecule has 4 nitrogen and oxygen atoms in total. The molecule has 0 aliphatic heterocycles. The predicted molar refractivity (Wildman–Crippen MR) is 104 cm³/mol. The number of thiazole rings is 2. The Morgan fingerprint density at radius 2 is 1.88 bits per heavy atom. The second-order valence-electron chi connectivity index (χ2n) is 6.28. The highest BCUT2D eigenvalue weighted by Crippen LogP contribution is 2.29. The van der Waals surface area contributed by atoms with E-state index in [1.807, 2.05) is 36.6 Å². The number of hydrogen-bond donors (Lipinski definition) is 1. The lowest BCUT2D eigenvalue weighted by molar-refractivity contribution is 0.102. The van der Waals surface area contributed by atoms with Gasteiger partial charge in [0.2, 0.25) is 0 Å². The van der Waals surface area contributed by atoms with Crippen LogP contribution in [0, 0.1) is 6.92 Å². The maximum atomic E-state index is 12.5. The van der Waals surface area contributed by atoms with Crippen molar-refractivity contribution in [3.8, 4) is 10.6 Å². The fourth-order valence-corrected chi connectivity index (χ4v) is 4.85. The highest BCUT2D eigenvalue weighted by molar-refractivity contribution is 7.16. The molecule has 1 aliphatic rings. The van der Waals surface area contributed by atoms with Gasteiger partial charge >= 0.3 is 0 Å². The first-order chi connectivity index (χ1) is 12.2. The number of amides is 1. The molecule has 0 atom stereocenters. The minimum atomic E-state index is -0.106. The van der Waals surface area contributed by atoms with Crippen molar-refractivity contribution in [2.24, 2.45) is 0 Å². The fourth-order valence-electron chi connectivity index (χ4n) is 3.00. The fraction of sp³-hybridized carbons (Fsp3) is 0.316. The average molecular weight is 370 g/mol. The minimum absolute atomic E-state index is 0.106. The average Bonchev–Trinajstić information content (AvgIpc) is 3.15. The molecule has 2 aromatic heterocycles. The molecular formula is C19H19N3OS2. The maximum Gasteiger partial charge on any atom is 0.257 e. The summed E-state index contributed by atoms with van der Waals surface area (Å²) in [5, 5.41) is 6.68. The van der Waals surface area contributed by atoms with Crippen LogP contribution >= 0.6 is 22.7 Å². The zero-order chi connectivity index (χ0) is 17.2. The van der Waals surface area contributed by atoms with E-state index in [1.54, 1.807) is 22.7 Å². The molecule has 0 saturated carbocycles. The van der Waals surface area contributed by atoms with E-state index >= 15 is 0 Å². The number of rotatable bonds is 3. The third-order valence-corrected chi connectivity index (χ3v) is 6.41. The topological polar surface area (TPSA) is 54.9 Å². The van der Waals surface area contributed by atoms with Gasteiger partial charge in [-0.1, -0.05) is 18.6 Å². The number of carbonyl (C=O) groups is 1. The van der Waals surface area contributed by atoms with Gasteiger partial charge in [-0.15, -0.1) is 22.7 Å². The van der Waals surface area contributed by atoms with Crippen molar-refractivity contribution in [2.45, 2.75) is 39.0 Å². The van der Waals surface area contributed by atoms with Gasteiger partial charge in [-0.2, -0.15) is 0 Å². The number of benzene rings is 1.